The third-order valence-electron chi connectivity index (χ3n) is 4.11. The molecule has 3 aromatic carbocycles. The number of hydrogen-bond acceptors (Lipinski definition) is 0. The molecule has 0 aliphatic heterocycles. The minimum absolute atomic E-state index is 1.36. The first kappa shape index (κ1) is 14.8. The quantitative estimate of drug-likeness (QED) is 0.359. The second kappa shape index (κ2) is 6.33. The van der Waals surface area contributed by atoms with Gasteiger partial charge in [0.2, 0.25) is 0 Å². The number of benzene rings is 3. The van der Waals surface area contributed by atoms with Crippen LogP contribution in [-0.4, -0.2) is 7.57 Å². The van der Waals surface area contributed by atoms with E-state index in [0.717, 1.165) is 0 Å². The predicted molar refractivity (Wildman–Crippen MR) is 108 cm³/mol. The van der Waals surface area contributed by atoms with Crippen LogP contribution in [0.1, 0.15) is 0 Å². The molecule has 0 saturated carbocycles. The van der Waals surface area contributed by atoms with Crippen molar-refractivity contribution in [2.75, 3.05) is 0 Å². The topological polar surface area (TPSA) is 0 Å². The molecule has 0 saturated heterocycles. The summed E-state index contributed by atoms with van der Waals surface area (Å²) < 4.78 is 1.36. The summed E-state index contributed by atoms with van der Waals surface area (Å²) in [5, 5.41) is 4.41. The molecule has 0 amide bonds. The van der Waals surface area contributed by atoms with Crippen molar-refractivity contribution < 1.29 is 0 Å². The Balaban J connectivity index is 2.29. The molecular weight excluding hydrogens is 385 g/mol. The van der Waals surface area contributed by atoms with Crippen LogP contribution in [0.5, 0.6) is 0 Å². The molecule has 21 heavy (non-hydrogen) atoms. The second-order valence-corrected chi connectivity index (χ2v) is 10.4. The van der Waals surface area contributed by atoms with Gasteiger partial charge in [0, 0.05) is 0 Å². The molecule has 0 aromatic heterocycles. The van der Waals surface area contributed by atoms with E-state index in [4.69, 9.17) is 0 Å². The fraction of sp³-hybridized carbons (Fsp3) is 0. The maximum atomic E-state index is 2.47. The molecule has 3 aromatic rings. The second-order valence-electron chi connectivity index (χ2n) is 5.34. The zero-order chi connectivity index (χ0) is 14.7. The van der Waals surface area contributed by atoms with Gasteiger partial charge in [0.25, 0.3) is 0 Å². The van der Waals surface area contributed by atoms with Crippen LogP contribution in [0.25, 0.3) is 0 Å². The Morgan fingerprint density at radius 3 is 1.52 bits per heavy atom. The molecule has 104 valence electrons. The summed E-state index contributed by atoms with van der Waals surface area (Å²) in [4.78, 5) is 0. The Kier molecular flexibility index (Phi) is 4.47. The summed E-state index contributed by atoms with van der Waals surface area (Å²) in [6.07, 6.45) is 0. The summed E-state index contributed by atoms with van der Waals surface area (Å²) in [5.74, 6) is 0. The van der Waals surface area contributed by atoms with Gasteiger partial charge in [-0.25, -0.2) is 0 Å². The Morgan fingerprint density at radius 1 is 0.619 bits per heavy atom. The summed E-state index contributed by atoms with van der Waals surface area (Å²) >= 11 is 2.47. The predicted octanol–water partition coefficient (Wildman–Crippen LogP) is 2.87. The number of hydrogen-bond donors (Lipinski definition) is 0. The molecule has 0 atom stereocenters. The van der Waals surface area contributed by atoms with E-state index in [2.05, 4.69) is 115 Å². The summed E-state index contributed by atoms with van der Waals surface area (Å²) in [5.41, 5.74) is 0. The van der Waals surface area contributed by atoms with Gasteiger partial charge in [-0.3, -0.25) is 0 Å². The molecule has 0 aliphatic carbocycles. The van der Waals surface area contributed by atoms with E-state index >= 15 is 0 Å². The van der Waals surface area contributed by atoms with Crippen molar-refractivity contribution in [3.8, 4) is 0 Å². The summed E-state index contributed by atoms with van der Waals surface area (Å²) in [6.45, 7) is 0. The van der Waals surface area contributed by atoms with E-state index in [1.807, 2.05) is 0 Å². The molecule has 0 fully saturated rings. The maximum absolute atomic E-state index is 2.47. The van der Waals surface area contributed by atoms with Crippen LogP contribution in [0.3, 0.4) is 0 Å². The van der Waals surface area contributed by atoms with E-state index in [0.29, 0.717) is 0 Å². The first-order valence-electron chi connectivity index (χ1n) is 7.09. The summed E-state index contributed by atoms with van der Waals surface area (Å²) in [6, 6.07) is 30.7. The molecule has 0 nitrogen and oxygen atoms in total. The van der Waals surface area contributed by atoms with Gasteiger partial charge in [0.15, 0.2) is 0 Å². The van der Waals surface area contributed by atoms with Gasteiger partial charge in [-0.2, -0.15) is 0 Å². The molecule has 0 unspecified atom stereocenters. The first-order chi connectivity index (χ1) is 10.2. The van der Waals surface area contributed by atoms with Crippen LogP contribution in [0, 0.1) is 3.57 Å². The van der Waals surface area contributed by atoms with Crippen LogP contribution >= 0.6 is 29.7 Å². The molecule has 0 radical (unpaired) electrons. The average molecular weight is 402 g/mol. The van der Waals surface area contributed by atoms with Crippen molar-refractivity contribution >= 4 is 53.2 Å². The molecule has 0 bridgehead atoms. The monoisotopic (exact) mass is 402 g/mol. The van der Waals surface area contributed by atoms with Crippen molar-refractivity contribution in [3.05, 3.63) is 88.5 Å². The fourth-order valence-electron chi connectivity index (χ4n) is 2.89. The van der Waals surface area contributed by atoms with Gasteiger partial charge in [-0.05, 0) is 0 Å². The fourth-order valence-corrected chi connectivity index (χ4v) is 8.56. The molecule has 3 heteroatoms. The van der Waals surface area contributed by atoms with Crippen LogP contribution in [0.15, 0.2) is 84.9 Å². The average Bonchev–Trinajstić information content (AvgIpc) is 2.56. The van der Waals surface area contributed by atoms with Gasteiger partial charge >= 0.3 is 142 Å². The third-order valence-corrected chi connectivity index (χ3v) is 10.1. The van der Waals surface area contributed by atoms with Crippen molar-refractivity contribution in [2.45, 2.75) is 0 Å². The first-order valence-corrected chi connectivity index (χ1v) is 10.7. The number of rotatable bonds is 3. The van der Waals surface area contributed by atoms with Gasteiger partial charge < -0.3 is 0 Å². The van der Waals surface area contributed by atoms with Gasteiger partial charge in [0.05, 0.1) is 0 Å². The zero-order valence-electron chi connectivity index (χ0n) is 12.0. The van der Waals surface area contributed by atoms with E-state index < -0.39 is 7.14 Å². The van der Waals surface area contributed by atoms with Gasteiger partial charge in [-0.15, -0.1) is 0 Å². The molecule has 0 N–H and O–H groups in total. The zero-order valence-corrected chi connectivity index (χ0v) is 15.1. The normalized spacial score (nSPS) is 12.0. The molecule has 0 heterocycles. The van der Waals surface area contributed by atoms with E-state index in [9.17, 15) is 0 Å². The van der Waals surface area contributed by atoms with Crippen molar-refractivity contribution in [2.24, 2.45) is 0 Å². The van der Waals surface area contributed by atoms with E-state index in [1.165, 1.54) is 19.5 Å². The van der Waals surface area contributed by atoms with Crippen molar-refractivity contribution in [1.29, 1.82) is 0 Å². The van der Waals surface area contributed by atoms with E-state index in [1.54, 1.807) is 0 Å². The Hall–Kier alpha value is -1.12. The Bertz CT molecular complexity index is 689. The van der Waals surface area contributed by atoms with Crippen LogP contribution in [-0.2, 0) is 0 Å². The molecule has 0 spiro atoms. The van der Waals surface area contributed by atoms with Crippen molar-refractivity contribution in [3.63, 3.8) is 0 Å². The van der Waals surface area contributed by atoms with Crippen molar-refractivity contribution in [1.82, 2.24) is 0 Å². The van der Waals surface area contributed by atoms with Gasteiger partial charge in [0.1, 0.15) is 0 Å². The molecular formula is C18H17BIP. The van der Waals surface area contributed by atoms with Crippen LogP contribution in [0.2, 0.25) is 0 Å². The Morgan fingerprint density at radius 2 is 1.05 bits per heavy atom. The summed E-state index contributed by atoms with van der Waals surface area (Å²) in [7, 11) is 0.524. The Labute approximate surface area is 141 Å². The third kappa shape index (κ3) is 2.80. The number of halogens is 1. The van der Waals surface area contributed by atoms with Crippen LogP contribution < -0.4 is 15.9 Å². The SMILES string of the molecule is B[PH](c1ccccc1)(c1ccccc1)c1ccccc1I. The molecule has 3 rings (SSSR count). The standard InChI is InChI=1S/C18H17BIP/c19-21(15-9-3-1-4-10-15,16-11-5-2-6-12-16)18-14-8-7-13-17(18)20/h1-14,21H,19H2. The molecule has 0 aliphatic rings. The van der Waals surface area contributed by atoms with Gasteiger partial charge in [-0.1, -0.05) is 0 Å². The van der Waals surface area contributed by atoms with E-state index in [-0.39, 0.29) is 0 Å². The minimum atomic E-state index is -1.93. The van der Waals surface area contributed by atoms with Crippen LogP contribution in [0.4, 0.5) is 0 Å².